The molecule has 0 N–H and O–H groups in total. The lowest BCUT2D eigenvalue weighted by atomic mass is 9.99. The minimum absolute atomic E-state index is 0.00474. The number of rotatable bonds is 5. The van der Waals surface area contributed by atoms with Gasteiger partial charge in [-0.3, -0.25) is 0 Å². The average molecular weight is 766 g/mol. The Labute approximate surface area is 366 Å². The number of fused-ring (bicyclic) bond motifs is 9. The van der Waals surface area contributed by atoms with Gasteiger partial charge in [0.15, 0.2) is 0 Å². The normalized spacial score (nSPS) is 17.5. The van der Waals surface area contributed by atoms with Crippen LogP contribution in [0.3, 0.4) is 0 Å². The number of hydrogen-bond acceptors (Lipinski definition) is 1. The molecule has 0 amide bonds. The van der Waals surface area contributed by atoms with Gasteiger partial charge in [0.1, 0.15) is 0 Å². The van der Waals surface area contributed by atoms with Crippen molar-refractivity contribution in [1.82, 2.24) is 9.13 Å². The zero-order chi connectivity index (χ0) is 57.5. The lowest BCUT2D eigenvalue weighted by Gasteiger charge is -2.12. The Balaban J connectivity index is 1.23. The maximum absolute atomic E-state index is 10.1. The van der Waals surface area contributed by atoms with Gasteiger partial charge in [0.05, 0.1) is 64.0 Å². The van der Waals surface area contributed by atoms with Gasteiger partial charge in [-0.2, -0.15) is 0 Å². The molecule has 2 nitrogen and oxygen atoms in total. The number of aromatic nitrogens is 2. The van der Waals surface area contributed by atoms with Gasteiger partial charge in [-0.15, -0.1) is 11.3 Å². The topological polar surface area (TPSA) is 9.86 Å². The molecule has 0 saturated carbocycles. The standard InChI is InChI=1S/C54H34N2S/c1-3-14-35(15-4-1)37-18-11-19-40(32-37)55-47-24-9-7-20-42(47)44-30-28-39(34-51(44)55)38-29-31-49-46(33-38)43-21-8-10-25-48(43)56(49)50-26-12-23-45-53-41(36-16-5-2-6-17-36)22-13-27-52(53)57-54(45)50/h1-34H/i2D,5D,6D,7D,8D,9D,10D,12D,13D,16D,17D,20D,21D,22D,24D,26D,27D,28D,29D,30D,31D,33D,34D. The van der Waals surface area contributed by atoms with E-state index in [-0.39, 0.29) is 80.7 Å². The Hall–Kier alpha value is -7.20. The average Bonchev–Trinajstić information content (AvgIpc) is 2.15. The van der Waals surface area contributed by atoms with Gasteiger partial charge in [-0.05, 0) is 87.8 Å². The first-order chi connectivity index (χ1) is 37.8. The van der Waals surface area contributed by atoms with Crippen LogP contribution in [0.1, 0.15) is 31.5 Å². The van der Waals surface area contributed by atoms with E-state index in [1.807, 2.05) is 36.4 Å². The Kier molecular flexibility index (Phi) is 3.75. The van der Waals surface area contributed by atoms with Gasteiger partial charge >= 0.3 is 0 Å². The Morgan fingerprint density at radius 2 is 1.16 bits per heavy atom. The van der Waals surface area contributed by atoms with E-state index in [1.54, 1.807) is 18.2 Å². The molecule has 0 aliphatic carbocycles. The molecule has 3 aromatic heterocycles. The Bertz CT molecular complexity index is 4840. The van der Waals surface area contributed by atoms with E-state index in [1.165, 1.54) is 15.2 Å². The third kappa shape index (κ3) is 4.96. The summed E-state index contributed by atoms with van der Waals surface area (Å²) in [5.74, 6) is 0. The van der Waals surface area contributed by atoms with Gasteiger partial charge < -0.3 is 9.13 Å². The number of hydrogen-bond donors (Lipinski definition) is 0. The molecular formula is C54H34N2S. The molecule has 0 radical (unpaired) electrons. The second kappa shape index (κ2) is 12.7. The molecule has 266 valence electrons. The summed E-state index contributed by atoms with van der Waals surface area (Å²) in [5, 5.41) is -1.09. The Morgan fingerprint density at radius 1 is 0.404 bits per heavy atom. The maximum Gasteiger partial charge on any atom is 0.0652 e. The van der Waals surface area contributed by atoms with E-state index in [9.17, 15) is 13.7 Å². The molecule has 12 aromatic rings. The van der Waals surface area contributed by atoms with Crippen LogP contribution in [0.4, 0.5) is 0 Å². The third-order valence-corrected chi connectivity index (χ3v) is 11.1. The molecule has 0 fully saturated rings. The fourth-order valence-electron chi connectivity index (χ4n) is 7.54. The van der Waals surface area contributed by atoms with Crippen molar-refractivity contribution in [2.45, 2.75) is 0 Å². The predicted octanol–water partition coefficient (Wildman–Crippen LogP) is 15.2. The van der Waals surface area contributed by atoms with Crippen molar-refractivity contribution in [3.63, 3.8) is 0 Å². The van der Waals surface area contributed by atoms with Crippen LogP contribution in [0.5, 0.6) is 0 Å². The number of para-hydroxylation sites is 2. The molecular weight excluding hydrogens is 709 g/mol. The van der Waals surface area contributed by atoms with Crippen LogP contribution in [0.15, 0.2) is 206 Å². The highest BCUT2D eigenvalue weighted by Gasteiger charge is 2.19. The van der Waals surface area contributed by atoms with E-state index in [0.29, 0.717) is 5.56 Å². The van der Waals surface area contributed by atoms with Crippen LogP contribution >= 0.6 is 11.3 Å². The SMILES string of the molecule is [2H]c1cc2c(sc3c([2H])c([2H])c([2H])c(-c4c([2H])c([2H])c([2H])c([2H])c4[2H])c32)c(-n2c3cc([2H])c([2H])c([2H])c3c3c([2H])c(-c4c([2H])c([2H])c5c6c([2H])c([2H])c([2H])c([2H])c6n(-c6cccc(-c7ccccc7)c6)c5c4[2H])c([2H])c([2H])c32)c1[2H]. The fraction of sp³-hybridized carbons (Fsp3) is 0. The van der Waals surface area contributed by atoms with Crippen molar-refractivity contribution in [1.29, 1.82) is 0 Å². The van der Waals surface area contributed by atoms with Gasteiger partial charge in [-0.25, -0.2) is 0 Å². The van der Waals surface area contributed by atoms with Crippen molar-refractivity contribution >= 4 is 75.1 Å². The summed E-state index contributed by atoms with van der Waals surface area (Å²) >= 11 is 0.768. The van der Waals surface area contributed by atoms with Crippen molar-refractivity contribution in [3.8, 4) is 44.8 Å². The van der Waals surface area contributed by atoms with E-state index in [0.717, 1.165) is 23.0 Å². The highest BCUT2D eigenvalue weighted by atomic mass is 32.1. The first-order valence-corrected chi connectivity index (χ1v) is 18.5. The summed E-state index contributed by atoms with van der Waals surface area (Å²) in [6.45, 7) is 0. The van der Waals surface area contributed by atoms with Gasteiger partial charge in [0.2, 0.25) is 0 Å². The number of benzene rings is 9. The van der Waals surface area contributed by atoms with Crippen molar-refractivity contribution in [3.05, 3.63) is 206 Å². The molecule has 0 atom stereocenters. The number of nitrogens with zero attached hydrogens (tertiary/aromatic N) is 2. The van der Waals surface area contributed by atoms with Crippen LogP contribution in [0, 0.1) is 0 Å². The molecule has 0 aliphatic heterocycles. The van der Waals surface area contributed by atoms with Gasteiger partial charge in [0.25, 0.3) is 0 Å². The second-order valence-corrected chi connectivity index (χ2v) is 14.1. The van der Waals surface area contributed by atoms with E-state index in [4.69, 9.17) is 17.8 Å². The second-order valence-electron chi connectivity index (χ2n) is 13.1. The van der Waals surface area contributed by atoms with Crippen LogP contribution in [-0.4, -0.2) is 9.13 Å². The molecule has 0 saturated heterocycles. The Morgan fingerprint density at radius 3 is 2.07 bits per heavy atom. The van der Waals surface area contributed by atoms with Crippen LogP contribution in [-0.2, 0) is 0 Å². The van der Waals surface area contributed by atoms with E-state index < -0.39 is 156 Å². The summed E-state index contributed by atoms with van der Waals surface area (Å²) in [6, 6.07) is 3.25. The fourth-order valence-corrected chi connectivity index (χ4v) is 8.67. The van der Waals surface area contributed by atoms with Crippen LogP contribution in [0.25, 0.3) is 109 Å². The lowest BCUT2D eigenvalue weighted by Crippen LogP contribution is -1.95. The highest BCUT2D eigenvalue weighted by molar-refractivity contribution is 7.26. The summed E-state index contributed by atoms with van der Waals surface area (Å²) in [7, 11) is 0. The largest absolute Gasteiger partial charge is 0.309 e. The molecule has 12 rings (SSSR count). The van der Waals surface area contributed by atoms with Crippen molar-refractivity contribution < 1.29 is 31.5 Å². The maximum atomic E-state index is 10.1. The molecule has 3 heterocycles. The summed E-state index contributed by atoms with van der Waals surface area (Å²) in [4.78, 5) is 0. The zero-order valence-electron chi connectivity index (χ0n) is 52.2. The van der Waals surface area contributed by atoms with Crippen molar-refractivity contribution in [2.75, 3.05) is 0 Å². The predicted molar refractivity (Wildman–Crippen MR) is 244 cm³/mol. The number of thiophene rings is 1. The molecule has 0 bridgehead atoms. The first-order valence-electron chi connectivity index (χ1n) is 29.1. The monoisotopic (exact) mass is 765 g/mol. The molecule has 9 aromatic carbocycles. The van der Waals surface area contributed by atoms with Crippen LogP contribution < -0.4 is 0 Å². The van der Waals surface area contributed by atoms with E-state index >= 15 is 0 Å². The zero-order valence-corrected chi connectivity index (χ0v) is 30.0. The van der Waals surface area contributed by atoms with Gasteiger partial charge in [-0.1, -0.05) is 151 Å². The minimum Gasteiger partial charge on any atom is -0.309 e. The molecule has 0 aliphatic rings. The van der Waals surface area contributed by atoms with Crippen molar-refractivity contribution in [2.24, 2.45) is 0 Å². The lowest BCUT2D eigenvalue weighted by molar-refractivity contribution is 1.18. The minimum atomic E-state index is -0.815. The molecule has 3 heteroatoms. The van der Waals surface area contributed by atoms with E-state index in [2.05, 4.69) is 0 Å². The quantitative estimate of drug-likeness (QED) is 0.165. The molecule has 0 spiro atoms. The summed E-state index contributed by atoms with van der Waals surface area (Å²) in [5.41, 5.74) is -1.37. The third-order valence-electron chi connectivity index (χ3n) is 10.0. The highest BCUT2D eigenvalue weighted by Crippen LogP contribution is 2.45. The van der Waals surface area contributed by atoms with Gasteiger partial charge in [0, 0.05) is 42.7 Å². The smallest absolute Gasteiger partial charge is 0.0652 e. The summed E-state index contributed by atoms with van der Waals surface area (Å²) < 4.78 is 213. The summed E-state index contributed by atoms with van der Waals surface area (Å²) in [6.07, 6.45) is 0. The first kappa shape index (κ1) is 16.9. The molecule has 57 heavy (non-hydrogen) atoms. The van der Waals surface area contributed by atoms with Crippen LogP contribution in [0.2, 0.25) is 0 Å². The molecule has 0 unspecified atom stereocenters.